The van der Waals surface area contributed by atoms with Crippen LogP contribution in [0.2, 0.25) is 0 Å². The minimum absolute atomic E-state index is 0.0560. The van der Waals surface area contributed by atoms with E-state index in [1.54, 1.807) is 14.5 Å². The Morgan fingerprint density at radius 2 is 1.85 bits per heavy atom. The van der Waals surface area contributed by atoms with Crippen LogP contribution < -0.4 is 9.80 Å². The van der Waals surface area contributed by atoms with Gasteiger partial charge in [-0.3, -0.25) is 19.1 Å². The Hall–Kier alpha value is -4.35. The number of aryl methyl sites for hydroxylation is 1. The highest BCUT2D eigenvalue weighted by Crippen LogP contribution is 2.47. The van der Waals surface area contributed by atoms with Crippen LogP contribution in [0.3, 0.4) is 0 Å². The molecule has 11 heteroatoms. The largest absolute Gasteiger partial charge is 0.469 e. The number of rotatable bonds is 14. The molecule has 2 aliphatic rings. The van der Waals surface area contributed by atoms with Crippen molar-refractivity contribution in [1.82, 2.24) is 15.0 Å². The lowest BCUT2D eigenvalue weighted by atomic mass is 9.82. The van der Waals surface area contributed by atoms with Crippen LogP contribution in [0.15, 0.2) is 66.9 Å². The minimum atomic E-state index is -1.83. The highest BCUT2D eigenvalue weighted by Gasteiger charge is 2.52. The number of nitrogens with zero attached hydrogens (tertiary/aromatic N) is 5. The lowest BCUT2D eigenvalue weighted by molar-refractivity contribution is -0.140. The molecule has 3 aromatic rings. The van der Waals surface area contributed by atoms with Gasteiger partial charge < -0.3 is 24.7 Å². The average Bonchev–Trinajstić information content (AvgIpc) is 3.64. The number of anilines is 2. The number of allylic oxidation sites excluding steroid dienone is 1. The third-order valence-electron chi connectivity index (χ3n) is 9.53. The molecule has 0 aliphatic carbocycles. The third kappa shape index (κ3) is 7.68. The summed E-state index contributed by atoms with van der Waals surface area (Å²) in [5, 5.41) is 30.8. The molecule has 2 aromatic carbocycles. The number of aromatic nitrogens is 3. The molecule has 2 amide bonds. The number of esters is 1. The van der Waals surface area contributed by atoms with Gasteiger partial charge >= 0.3 is 5.97 Å². The lowest BCUT2D eigenvalue weighted by Gasteiger charge is -2.29. The number of methoxy groups -OCH3 is 1. The van der Waals surface area contributed by atoms with E-state index in [0.717, 1.165) is 31.2 Å². The topological polar surface area (TPSA) is 138 Å². The van der Waals surface area contributed by atoms with E-state index in [1.165, 1.54) is 7.11 Å². The van der Waals surface area contributed by atoms with E-state index in [1.807, 2.05) is 73.8 Å². The predicted molar refractivity (Wildman–Crippen MR) is 182 cm³/mol. The van der Waals surface area contributed by atoms with Crippen molar-refractivity contribution < 1.29 is 29.3 Å². The zero-order valence-electron chi connectivity index (χ0n) is 28.0. The van der Waals surface area contributed by atoms with Gasteiger partial charge in [-0.1, -0.05) is 67.5 Å². The van der Waals surface area contributed by atoms with Crippen molar-refractivity contribution in [1.29, 1.82) is 0 Å². The Labute approximate surface area is 282 Å². The van der Waals surface area contributed by atoms with Crippen molar-refractivity contribution in [3.63, 3.8) is 0 Å². The first kappa shape index (κ1) is 35.0. The minimum Gasteiger partial charge on any atom is -0.469 e. The van der Waals surface area contributed by atoms with Gasteiger partial charge in [-0.05, 0) is 55.9 Å². The van der Waals surface area contributed by atoms with Crippen LogP contribution >= 0.6 is 0 Å². The van der Waals surface area contributed by atoms with Gasteiger partial charge in [0.1, 0.15) is 0 Å². The summed E-state index contributed by atoms with van der Waals surface area (Å²) in [6.45, 7) is 3.22. The molecule has 2 aliphatic heterocycles. The van der Waals surface area contributed by atoms with Crippen LogP contribution in [0, 0.1) is 5.92 Å². The number of amides is 2. The van der Waals surface area contributed by atoms with Crippen molar-refractivity contribution in [3.8, 4) is 0 Å². The summed E-state index contributed by atoms with van der Waals surface area (Å²) in [6.07, 6.45) is 11.9. The maximum atomic E-state index is 14.1. The molecule has 256 valence electrons. The molecule has 0 bridgehead atoms. The Kier molecular flexibility index (Phi) is 11.8. The second kappa shape index (κ2) is 16.2. The Bertz CT molecular complexity index is 1590. The summed E-state index contributed by atoms with van der Waals surface area (Å²) in [5.41, 5.74) is 1.61. The predicted octanol–water partition coefficient (Wildman–Crippen LogP) is 4.86. The fourth-order valence-electron chi connectivity index (χ4n) is 6.68. The van der Waals surface area contributed by atoms with Gasteiger partial charge in [0, 0.05) is 55.8 Å². The fraction of sp³-hybridized carbons (Fsp3) is 0.486. The van der Waals surface area contributed by atoms with Crippen molar-refractivity contribution >= 4 is 29.2 Å². The van der Waals surface area contributed by atoms with E-state index < -0.39 is 17.4 Å². The molecule has 1 saturated heterocycles. The summed E-state index contributed by atoms with van der Waals surface area (Å²) in [6, 6.07) is 15.2. The van der Waals surface area contributed by atoms with Gasteiger partial charge in [0.05, 0.1) is 31.0 Å². The third-order valence-corrected chi connectivity index (χ3v) is 9.53. The summed E-state index contributed by atoms with van der Waals surface area (Å²) in [7, 11) is 1.35. The Morgan fingerprint density at radius 1 is 1.06 bits per heavy atom. The van der Waals surface area contributed by atoms with Crippen LogP contribution in [0.25, 0.3) is 0 Å². The first-order chi connectivity index (χ1) is 23.3. The molecule has 0 saturated carbocycles. The maximum absolute atomic E-state index is 14.1. The standard InChI is InChI=1S/C37H47N5O6/c1-27(14-9-12-21-40-25-32(38-39-40)30(26-43)28-15-6-5-7-16-28)37(47)31-24-29(41-22-11-4-3-8-17-34(41)44)19-20-33(31)42(36(37)46)23-13-10-18-35(45)48-2/h5-7,9,14-16,19-20,24-25,27,30,43,47H,3-4,8,10-13,17-18,21-23,26H2,1-2H3/b14-9+/t27-,30?,37+/m0/s1. The number of hydrogen-bond acceptors (Lipinski definition) is 8. The van der Waals surface area contributed by atoms with Gasteiger partial charge in [0.25, 0.3) is 5.91 Å². The second-order valence-electron chi connectivity index (χ2n) is 12.7. The normalized spacial score (nSPS) is 19.7. The molecule has 2 N–H and O–H groups in total. The molecule has 11 nitrogen and oxygen atoms in total. The molecular formula is C37H47N5O6. The van der Waals surface area contributed by atoms with Gasteiger partial charge in [-0.15, -0.1) is 5.10 Å². The molecule has 1 fully saturated rings. The van der Waals surface area contributed by atoms with Gasteiger partial charge in [-0.25, -0.2) is 0 Å². The molecule has 3 heterocycles. The quantitative estimate of drug-likeness (QED) is 0.143. The van der Waals surface area contributed by atoms with Crippen LogP contribution in [0.1, 0.15) is 87.4 Å². The number of hydrogen-bond donors (Lipinski definition) is 2. The molecule has 1 unspecified atom stereocenters. The van der Waals surface area contributed by atoms with Crippen LogP contribution in [-0.2, 0) is 31.3 Å². The van der Waals surface area contributed by atoms with Crippen LogP contribution in [0.4, 0.5) is 11.4 Å². The smallest absolute Gasteiger partial charge is 0.305 e. The molecule has 3 atom stereocenters. The zero-order valence-corrected chi connectivity index (χ0v) is 28.0. The summed E-state index contributed by atoms with van der Waals surface area (Å²) in [4.78, 5) is 42.2. The van der Waals surface area contributed by atoms with Crippen LogP contribution in [-0.4, -0.2) is 69.8 Å². The van der Waals surface area contributed by atoms with Crippen molar-refractivity contribution in [3.05, 3.63) is 83.7 Å². The lowest BCUT2D eigenvalue weighted by Crippen LogP contribution is -2.44. The first-order valence-electron chi connectivity index (χ1n) is 17.1. The Balaban J connectivity index is 1.33. The van der Waals surface area contributed by atoms with Gasteiger partial charge in [-0.2, -0.15) is 0 Å². The zero-order chi connectivity index (χ0) is 34.1. The van der Waals surface area contributed by atoms with E-state index in [0.29, 0.717) is 67.9 Å². The first-order valence-corrected chi connectivity index (χ1v) is 17.1. The van der Waals surface area contributed by atoms with E-state index in [-0.39, 0.29) is 30.8 Å². The van der Waals surface area contributed by atoms with E-state index in [2.05, 4.69) is 10.3 Å². The van der Waals surface area contributed by atoms with E-state index >= 15 is 0 Å². The molecule has 1 aromatic heterocycles. The van der Waals surface area contributed by atoms with Gasteiger partial charge in [0.2, 0.25) is 5.91 Å². The highest BCUT2D eigenvalue weighted by molar-refractivity contribution is 6.08. The number of carbonyl (C=O) groups is 3. The number of carbonyl (C=O) groups excluding carboxylic acids is 3. The van der Waals surface area contributed by atoms with E-state index in [9.17, 15) is 24.6 Å². The number of unbranched alkanes of at least 4 members (excludes halogenated alkanes) is 1. The molecule has 48 heavy (non-hydrogen) atoms. The van der Waals surface area contributed by atoms with Crippen molar-refractivity contribution in [2.75, 3.05) is 36.6 Å². The number of ether oxygens (including phenoxy) is 1. The van der Waals surface area contributed by atoms with E-state index in [4.69, 9.17) is 4.74 Å². The molecule has 5 rings (SSSR count). The van der Waals surface area contributed by atoms with Gasteiger partial charge in [0.15, 0.2) is 5.60 Å². The van der Waals surface area contributed by atoms with Crippen LogP contribution in [0.5, 0.6) is 0 Å². The highest BCUT2D eigenvalue weighted by atomic mass is 16.5. The summed E-state index contributed by atoms with van der Waals surface area (Å²) >= 11 is 0. The number of aliphatic hydroxyl groups excluding tert-OH is 1. The molecule has 0 radical (unpaired) electrons. The summed E-state index contributed by atoms with van der Waals surface area (Å²) in [5.74, 6) is -1.50. The van der Waals surface area contributed by atoms with Crippen molar-refractivity contribution in [2.24, 2.45) is 5.92 Å². The molecular weight excluding hydrogens is 610 g/mol. The average molecular weight is 658 g/mol. The SMILES string of the molecule is COC(=O)CCCCN1C(=O)[C@@](O)([C@@H](C)/C=C/CCn2cc(C(CO)c3ccccc3)nn2)c2cc(N3CCCCCCC3=O)ccc21. The molecule has 0 spiro atoms. The number of fused-ring (bicyclic) bond motifs is 1. The van der Waals surface area contributed by atoms with Crippen molar-refractivity contribution in [2.45, 2.75) is 82.8 Å². The maximum Gasteiger partial charge on any atom is 0.305 e. The number of aliphatic hydroxyl groups is 2. The monoisotopic (exact) mass is 657 g/mol. The number of benzene rings is 2. The Morgan fingerprint density at radius 3 is 2.62 bits per heavy atom. The fourth-order valence-corrected chi connectivity index (χ4v) is 6.68. The summed E-state index contributed by atoms with van der Waals surface area (Å²) < 4.78 is 6.48. The second-order valence-corrected chi connectivity index (χ2v) is 12.7.